The molecule has 0 aromatic carbocycles. The van der Waals surface area contributed by atoms with E-state index in [0.717, 1.165) is 12.1 Å². The molecule has 2 nitrogen and oxygen atoms in total. The van der Waals surface area contributed by atoms with E-state index in [9.17, 15) is 0 Å². The van der Waals surface area contributed by atoms with E-state index in [0.29, 0.717) is 5.92 Å². The maximum Gasteiger partial charge on any atom is 0.0633 e. The summed E-state index contributed by atoms with van der Waals surface area (Å²) >= 11 is 0. The lowest BCUT2D eigenvalue weighted by Gasteiger charge is -2.02. The van der Waals surface area contributed by atoms with Gasteiger partial charge in [-0.3, -0.25) is 0 Å². The van der Waals surface area contributed by atoms with Crippen LogP contribution in [0.15, 0.2) is 17.3 Å². The van der Waals surface area contributed by atoms with Crippen molar-refractivity contribution in [2.24, 2.45) is 11.1 Å². The molecule has 0 rings (SSSR count). The van der Waals surface area contributed by atoms with Crippen LogP contribution in [0.4, 0.5) is 0 Å². The zero-order valence-electron chi connectivity index (χ0n) is 6.83. The van der Waals surface area contributed by atoms with Crippen molar-refractivity contribution >= 4 is 5.71 Å². The molecule has 0 fully saturated rings. The van der Waals surface area contributed by atoms with Crippen LogP contribution in [0.25, 0.3) is 0 Å². The van der Waals surface area contributed by atoms with Gasteiger partial charge in [-0.1, -0.05) is 31.2 Å². The predicted octanol–water partition coefficient (Wildman–Crippen LogP) is 2.44. The molecule has 0 aliphatic rings. The van der Waals surface area contributed by atoms with Crippen LogP contribution in [0.1, 0.15) is 27.2 Å². The van der Waals surface area contributed by atoms with Crippen molar-refractivity contribution in [3.05, 3.63) is 12.2 Å². The van der Waals surface area contributed by atoms with Gasteiger partial charge in [-0.2, -0.15) is 0 Å². The van der Waals surface area contributed by atoms with Crippen LogP contribution in [0, 0.1) is 5.92 Å². The first-order chi connectivity index (χ1) is 4.72. The van der Waals surface area contributed by atoms with Crippen molar-refractivity contribution in [2.45, 2.75) is 27.2 Å². The Kier molecular flexibility index (Phi) is 4.63. The van der Waals surface area contributed by atoms with Gasteiger partial charge >= 0.3 is 0 Å². The van der Waals surface area contributed by atoms with Gasteiger partial charge in [-0.25, -0.2) is 0 Å². The first kappa shape index (κ1) is 9.21. The number of nitrogens with zero attached hydrogens (tertiary/aromatic N) is 1. The van der Waals surface area contributed by atoms with Gasteiger partial charge in [-0.15, -0.1) is 0 Å². The highest BCUT2D eigenvalue weighted by atomic mass is 16.4. The summed E-state index contributed by atoms with van der Waals surface area (Å²) in [5, 5.41) is 11.7. The highest BCUT2D eigenvalue weighted by Gasteiger charge is 2.01. The molecule has 0 atom stereocenters. The molecule has 0 spiro atoms. The van der Waals surface area contributed by atoms with E-state index >= 15 is 0 Å². The zero-order chi connectivity index (χ0) is 7.98. The molecule has 2 heteroatoms. The number of rotatable bonds is 3. The third-order valence-corrected chi connectivity index (χ3v) is 1.36. The molecule has 0 amide bonds. The highest BCUT2D eigenvalue weighted by molar-refractivity contribution is 5.86. The summed E-state index contributed by atoms with van der Waals surface area (Å²) < 4.78 is 0. The van der Waals surface area contributed by atoms with E-state index < -0.39 is 0 Å². The van der Waals surface area contributed by atoms with E-state index in [1.807, 2.05) is 32.9 Å². The van der Waals surface area contributed by atoms with E-state index in [-0.39, 0.29) is 0 Å². The minimum Gasteiger partial charge on any atom is -0.411 e. The van der Waals surface area contributed by atoms with Crippen LogP contribution in [0.2, 0.25) is 0 Å². The first-order valence-corrected chi connectivity index (χ1v) is 3.54. The van der Waals surface area contributed by atoms with Crippen LogP contribution in [0.3, 0.4) is 0 Å². The molecular weight excluding hydrogens is 126 g/mol. The molecule has 58 valence electrons. The fraction of sp³-hybridized carbons (Fsp3) is 0.625. The molecule has 0 heterocycles. The molecule has 0 aromatic rings. The van der Waals surface area contributed by atoms with E-state index in [1.165, 1.54) is 0 Å². The Morgan fingerprint density at radius 3 is 2.50 bits per heavy atom. The van der Waals surface area contributed by atoms with Crippen molar-refractivity contribution in [1.29, 1.82) is 0 Å². The highest BCUT2D eigenvalue weighted by Crippen LogP contribution is 2.01. The van der Waals surface area contributed by atoms with Gasteiger partial charge in [0, 0.05) is 6.42 Å². The fourth-order valence-corrected chi connectivity index (χ4v) is 0.631. The minimum atomic E-state index is 0.334. The molecule has 10 heavy (non-hydrogen) atoms. The Balaban J connectivity index is 3.86. The molecule has 0 aromatic heterocycles. The standard InChI is InChI=1S/C8H15NO/c1-4-5-6-8(9-10)7(2)3/h4-5,7,10H,6H2,1-3H3/b5-4-,9-8+. The van der Waals surface area contributed by atoms with Gasteiger partial charge in [0.05, 0.1) is 5.71 Å². The number of oxime groups is 1. The summed E-state index contributed by atoms with van der Waals surface area (Å²) in [4.78, 5) is 0. The molecular formula is C8H15NO. The predicted molar refractivity (Wildman–Crippen MR) is 43.5 cm³/mol. The average molecular weight is 141 g/mol. The van der Waals surface area contributed by atoms with Gasteiger partial charge in [0.2, 0.25) is 0 Å². The van der Waals surface area contributed by atoms with Crippen molar-refractivity contribution in [1.82, 2.24) is 0 Å². The third-order valence-electron chi connectivity index (χ3n) is 1.36. The second-order valence-corrected chi connectivity index (χ2v) is 2.52. The number of hydrogen-bond acceptors (Lipinski definition) is 2. The van der Waals surface area contributed by atoms with Gasteiger partial charge in [0.1, 0.15) is 0 Å². The van der Waals surface area contributed by atoms with E-state index in [2.05, 4.69) is 5.16 Å². The molecule has 1 N–H and O–H groups in total. The average Bonchev–Trinajstić information content (AvgIpc) is 1.89. The summed E-state index contributed by atoms with van der Waals surface area (Å²) in [5.74, 6) is 0.334. The molecule has 0 radical (unpaired) electrons. The molecule has 0 aliphatic heterocycles. The first-order valence-electron chi connectivity index (χ1n) is 3.54. The van der Waals surface area contributed by atoms with Crippen LogP contribution in [-0.4, -0.2) is 10.9 Å². The van der Waals surface area contributed by atoms with Crippen molar-refractivity contribution < 1.29 is 5.21 Å². The largest absolute Gasteiger partial charge is 0.411 e. The Morgan fingerprint density at radius 2 is 2.20 bits per heavy atom. The molecule has 0 unspecified atom stereocenters. The van der Waals surface area contributed by atoms with Gasteiger partial charge < -0.3 is 5.21 Å². The summed E-state index contributed by atoms with van der Waals surface area (Å²) in [6.07, 6.45) is 4.69. The van der Waals surface area contributed by atoms with Crippen molar-refractivity contribution in [3.63, 3.8) is 0 Å². The monoisotopic (exact) mass is 141 g/mol. The van der Waals surface area contributed by atoms with Crippen molar-refractivity contribution in [2.75, 3.05) is 0 Å². The number of allylic oxidation sites excluding steroid dienone is 2. The van der Waals surface area contributed by atoms with Gasteiger partial charge in [-0.05, 0) is 12.8 Å². The van der Waals surface area contributed by atoms with Gasteiger partial charge in [0.15, 0.2) is 0 Å². The second kappa shape index (κ2) is 5.03. The van der Waals surface area contributed by atoms with E-state index in [4.69, 9.17) is 5.21 Å². The Bertz CT molecular complexity index is 136. The smallest absolute Gasteiger partial charge is 0.0633 e. The number of hydrogen-bond donors (Lipinski definition) is 1. The lowest BCUT2D eigenvalue weighted by molar-refractivity contribution is 0.315. The fourth-order valence-electron chi connectivity index (χ4n) is 0.631. The van der Waals surface area contributed by atoms with Crippen LogP contribution < -0.4 is 0 Å². The second-order valence-electron chi connectivity index (χ2n) is 2.52. The lowest BCUT2D eigenvalue weighted by atomic mass is 10.1. The van der Waals surface area contributed by atoms with Gasteiger partial charge in [0.25, 0.3) is 0 Å². The molecule has 0 bridgehead atoms. The molecule has 0 saturated heterocycles. The van der Waals surface area contributed by atoms with Crippen LogP contribution in [0.5, 0.6) is 0 Å². The summed E-state index contributed by atoms with van der Waals surface area (Å²) in [6, 6.07) is 0. The topological polar surface area (TPSA) is 32.6 Å². The minimum absolute atomic E-state index is 0.334. The third kappa shape index (κ3) is 3.28. The quantitative estimate of drug-likeness (QED) is 0.278. The summed E-state index contributed by atoms with van der Waals surface area (Å²) in [6.45, 7) is 5.98. The Labute approximate surface area is 62.2 Å². The summed E-state index contributed by atoms with van der Waals surface area (Å²) in [7, 11) is 0. The molecule has 0 aliphatic carbocycles. The van der Waals surface area contributed by atoms with Crippen LogP contribution in [-0.2, 0) is 0 Å². The Hall–Kier alpha value is -0.790. The van der Waals surface area contributed by atoms with Crippen LogP contribution >= 0.6 is 0 Å². The van der Waals surface area contributed by atoms with Crippen molar-refractivity contribution in [3.8, 4) is 0 Å². The van der Waals surface area contributed by atoms with E-state index in [1.54, 1.807) is 0 Å². The lowest BCUT2D eigenvalue weighted by Crippen LogP contribution is -2.05. The maximum absolute atomic E-state index is 8.48. The zero-order valence-corrected chi connectivity index (χ0v) is 6.83. The summed E-state index contributed by atoms with van der Waals surface area (Å²) in [5.41, 5.74) is 0.832. The SMILES string of the molecule is C/C=C\C/C(=N\O)C(C)C. The normalized spacial score (nSPS) is 13.4. The molecule has 0 saturated carbocycles. The maximum atomic E-state index is 8.48. The Morgan fingerprint density at radius 1 is 1.60 bits per heavy atom.